The van der Waals surface area contributed by atoms with Crippen LogP contribution in [0.5, 0.6) is 5.75 Å². The van der Waals surface area contributed by atoms with E-state index in [1.54, 1.807) is 7.05 Å². The number of fused-ring (bicyclic) bond motifs is 1. The number of ether oxygens (including phenoxy) is 1. The average molecular weight is 397 g/mol. The van der Waals surface area contributed by atoms with Crippen molar-refractivity contribution < 1.29 is 13.5 Å². The molecule has 0 bridgehead atoms. The van der Waals surface area contributed by atoms with Crippen LogP contribution in [0.4, 0.5) is 8.78 Å². The van der Waals surface area contributed by atoms with Crippen molar-refractivity contribution in [2.24, 2.45) is 12.8 Å². The molecule has 0 saturated carbocycles. The lowest BCUT2D eigenvalue weighted by atomic mass is 10.2. The van der Waals surface area contributed by atoms with Crippen molar-refractivity contribution >= 4 is 32.9 Å². The van der Waals surface area contributed by atoms with Crippen molar-refractivity contribution in [3.05, 3.63) is 47.0 Å². The van der Waals surface area contributed by atoms with Crippen molar-refractivity contribution in [2.45, 2.75) is 6.43 Å². The first-order valence-corrected chi connectivity index (χ1v) is 7.47. The average Bonchev–Trinajstić information content (AvgIpc) is 2.87. The first kappa shape index (κ1) is 16.2. The molecule has 2 N–H and O–H groups in total. The number of alkyl halides is 2. The SMILES string of the molecule is Cn1c(Br)nc2ncc(O/C(=C/N)c3cnccn3)c(C(F)F)c21. The third-order valence-electron chi connectivity index (χ3n) is 3.25. The minimum absolute atomic E-state index is 0.0902. The fourth-order valence-electron chi connectivity index (χ4n) is 2.16. The Labute approximate surface area is 143 Å². The maximum Gasteiger partial charge on any atom is 0.269 e. The molecule has 0 amide bonds. The molecule has 3 rings (SSSR count). The Hall–Kier alpha value is -2.62. The summed E-state index contributed by atoms with van der Waals surface area (Å²) in [6.07, 6.45) is 3.84. The number of hydrogen-bond donors (Lipinski definition) is 1. The first-order valence-electron chi connectivity index (χ1n) is 6.68. The van der Waals surface area contributed by atoms with Crippen LogP contribution in [0.2, 0.25) is 0 Å². The highest BCUT2D eigenvalue weighted by Gasteiger charge is 2.24. The molecule has 0 fully saturated rings. The summed E-state index contributed by atoms with van der Waals surface area (Å²) in [6, 6.07) is 0. The van der Waals surface area contributed by atoms with Crippen molar-refractivity contribution in [1.29, 1.82) is 0 Å². The van der Waals surface area contributed by atoms with Crippen LogP contribution in [-0.2, 0) is 7.05 Å². The second kappa shape index (κ2) is 6.48. The Balaban J connectivity index is 2.12. The predicted molar refractivity (Wildman–Crippen MR) is 86.0 cm³/mol. The van der Waals surface area contributed by atoms with Crippen LogP contribution in [0.1, 0.15) is 17.7 Å². The molecule has 0 spiro atoms. The zero-order valence-electron chi connectivity index (χ0n) is 12.3. The van der Waals surface area contributed by atoms with E-state index < -0.39 is 6.43 Å². The van der Waals surface area contributed by atoms with Crippen LogP contribution in [0.25, 0.3) is 16.9 Å². The van der Waals surface area contributed by atoms with Gasteiger partial charge in [-0.05, 0) is 15.9 Å². The molecule has 10 heteroatoms. The minimum Gasteiger partial charge on any atom is -0.451 e. The molecule has 124 valence electrons. The lowest BCUT2D eigenvalue weighted by Gasteiger charge is -2.13. The fraction of sp³-hybridized carbons (Fsp3) is 0.143. The highest BCUT2D eigenvalue weighted by molar-refractivity contribution is 9.10. The van der Waals surface area contributed by atoms with Gasteiger partial charge in [-0.1, -0.05) is 0 Å². The van der Waals surface area contributed by atoms with Gasteiger partial charge in [0.15, 0.2) is 21.9 Å². The van der Waals surface area contributed by atoms with Crippen molar-refractivity contribution in [1.82, 2.24) is 24.5 Å². The zero-order chi connectivity index (χ0) is 17.3. The van der Waals surface area contributed by atoms with Crippen LogP contribution in [0.15, 0.2) is 35.7 Å². The van der Waals surface area contributed by atoms with Gasteiger partial charge in [0.25, 0.3) is 6.43 Å². The number of aryl methyl sites for hydroxylation is 1. The topological polar surface area (TPSA) is 91.7 Å². The van der Waals surface area contributed by atoms with Gasteiger partial charge < -0.3 is 15.0 Å². The third-order valence-corrected chi connectivity index (χ3v) is 3.96. The third kappa shape index (κ3) is 2.80. The normalized spacial score (nSPS) is 12.1. The van der Waals surface area contributed by atoms with E-state index in [1.165, 1.54) is 29.4 Å². The van der Waals surface area contributed by atoms with Gasteiger partial charge in [0.1, 0.15) is 11.2 Å². The number of nitrogens with two attached hydrogens (primary N) is 1. The Morgan fingerprint density at radius 2 is 2.12 bits per heavy atom. The maximum atomic E-state index is 13.7. The molecule has 0 aromatic carbocycles. The Morgan fingerprint density at radius 3 is 2.75 bits per heavy atom. The van der Waals surface area contributed by atoms with Gasteiger partial charge in [-0.15, -0.1) is 0 Å². The largest absolute Gasteiger partial charge is 0.451 e. The van der Waals surface area contributed by atoms with Gasteiger partial charge in [0, 0.05) is 25.6 Å². The van der Waals surface area contributed by atoms with E-state index in [0.717, 1.165) is 6.20 Å². The Kier molecular flexibility index (Phi) is 4.38. The van der Waals surface area contributed by atoms with Gasteiger partial charge in [-0.25, -0.2) is 23.7 Å². The predicted octanol–water partition coefficient (Wildman–Crippen LogP) is 2.79. The number of aromatic nitrogens is 5. The van der Waals surface area contributed by atoms with Crippen LogP contribution < -0.4 is 10.5 Å². The number of halogens is 3. The van der Waals surface area contributed by atoms with Gasteiger partial charge in [-0.3, -0.25) is 4.98 Å². The molecule has 0 aliphatic heterocycles. The Morgan fingerprint density at radius 1 is 1.33 bits per heavy atom. The Bertz CT molecular complexity index is 913. The molecule has 3 aromatic heterocycles. The molecule has 0 atom stereocenters. The molecule has 0 radical (unpaired) electrons. The van der Waals surface area contributed by atoms with Crippen molar-refractivity contribution in [3.63, 3.8) is 0 Å². The summed E-state index contributed by atoms with van der Waals surface area (Å²) in [4.78, 5) is 16.1. The van der Waals surface area contributed by atoms with E-state index in [-0.39, 0.29) is 28.2 Å². The monoisotopic (exact) mass is 396 g/mol. The molecule has 0 aliphatic carbocycles. The van der Waals surface area contributed by atoms with E-state index in [2.05, 4.69) is 35.9 Å². The van der Waals surface area contributed by atoms with Crippen LogP contribution >= 0.6 is 15.9 Å². The van der Waals surface area contributed by atoms with E-state index >= 15 is 0 Å². The smallest absolute Gasteiger partial charge is 0.269 e. The molecular weight excluding hydrogens is 386 g/mol. The number of hydrogen-bond acceptors (Lipinski definition) is 6. The van der Waals surface area contributed by atoms with Gasteiger partial charge in [-0.2, -0.15) is 0 Å². The number of rotatable bonds is 4. The van der Waals surface area contributed by atoms with Crippen LogP contribution in [0.3, 0.4) is 0 Å². The summed E-state index contributed by atoms with van der Waals surface area (Å²) in [6.45, 7) is 0. The molecule has 24 heavy (non-hydrogen) atoms. The summed E-state index contributed by atoms with van der Waals surface area (Å²) < 4.78 is 34.7. The molecule has 3 aromatic rings. The van der Waals surface area contributed by atoms with E-state index in [1.807, 2.05) is 0 Å². The molecule has 0 aliphatic rings. The molecular formula is C14H11BrF2N6O. The highest BCUT2D eigenvalue weighted by Crippen LogP contribution is 2.37. The standard InChI is InChI=1S/C14H11BrF2N6O/c1-23-11-10(12(16)17)9(6-21-13(11)22-14(23)15)24-8(4-18)7-5-19-2-3-20-7/h2-6,12H,18H2,1H3/b8-4+. The molecule has 0 saturated heterocycles. The summed E-state index contributed by atoms with van der Waals surface area (Å²) >= 11 is 3.19. The quantitative estimate of drug-likeness (QED) is 0.681. The van der Waals surface area contributed by atoms with Crippen molar-refractivity contribution in [2.75, 3.05) is 0 Å². The first-order chi connectivity index (χ1) is 11.5. The van der Waals surface area contributed by atoms with E-state index in [9.17, 15) is 8.78 Å². The zero-order valence-corrected chi connectivity index (χ0v) is 13.9. The van der Waals surface area contributed by atoms with Crippen molar-refractivity contribution in [3.8, 4) is 5.75 Å². The summed E-state index contributed by atoms with van der Waals surface area (Å²) in [7, 11) is 1.60. The number of pyridine rings is 1. The fourth-order valence-corrected chi connectivity index (χ4v) is 2.51. The molecule has 7 nitrogen and oxygen atoms in total. The molecule has 0 unspecified atom stereocenters. The minimum atomic E-state index is -2.80. The lowest BCUT2D eigenvalue weighted by Crippen LogP contribution is -2.05. The molecule has 3 heterocycles. The van der Waals surface area contributed by atoms with Crippen LogP contribution in [0, 0.1) is 0 Å². The second-order valence-corrected chi connectivity index (χ2v) is 5.38. The van der Waals surface area contributed by atoms with Gasteiger partial charge in [0.05, 0.1) is 18.0 Å². The summed E-state index contributed by atoms with van der Waals surface area (Å²) in [5.41, 5.74) is 5.88. The van der Waals surface area contributed by atoms with E-state index in [0.29, 0.717) is 10.4 Å². The maximum absolute atomic E-state index is 13.7. The second-order valence-electron chi connectivity index (χ2n) is 4.67. The van der Waals surface area contributed by atoms with Gasteiger partial charge >= 0.3 is 0 Å². The van der Waals surface area contributed by atoms with Crippen LogP contribution in [-0.4, -0.2) is 24.5 Å². The summed E-state index contributed by atoms with van der Waals surface area (Å²) in [5.74, 6) is -0.0391. The lowest BCUT2D eigenvalue weighted by molar-refractivity contribution is 0.149. The van der Waals surface area contributed by atoms with Gasteiger partial charge in [0.2, 0.25) is 0 Å². The number of nitrogens with zero attached hydrogens (tertiary/aromatic N) is 5. The number of imidazole rings is 1. The highest BCUT2D eigenvalue weighted by atomic mass is 79.9. The summed E-state index contributed by atoms with van der Waals surface area (Å²) in [5, 5.41) is 0. The van der Waals surface area contributed by atoms with E-state index in [4.69, 9.17) is 10.5 Å².